The molecule has 6 nitrogen and oxygen atoms in total. The fourth-order valence-corrected chi connectivity index (χ4v) is 6.67. The number of benzene rings is 2. The lowest BCUT2D eigenvalue weighted by Gasteiger charge is -2.29. The van der Waals surface area contributed by atoms with Crippen LogP contribution in [0.4, 0.5) is 0 Å². The molecule has 0 aromatic heterocycles. The van der Waals surface area contributed by atoms with Crippen LogP contribution in [0.3, 0.4) is 0 Å². The predicted molar refractivity (Wildman–Crippen MR) is 125 cm³/mol. The molecule has 0 saturated carbocycles. The summed E-state index contributed by atoms with van der Waals surface area (Å²) >= 11 is 3.89. The van der Waals surface area contributed by atoms with Gasteiger partial charge in [-0.3, -0.25) is 4.79 Å². The summed E-state index contributed by atoms with van der Waals surface area (Å²) in [6, 6.07) is 9.94. The molecule has 8 heteroatoms. The average Bonchev–Trinajstić information content (AvgIpc) is 3.36. The number of hydrogen-bond acceptors (Lipinski definition) is 7. The first kappa shape index (κ1) is 22.0. The first-order chi connectivity index (χ1) is 15.1. The molecule has 1 amide bonds. The molecule has 1 saturated heterocycles. The molecule has 0 spiro atoms. The van der Waals surface area contributed by atoms with Crippen LogP contribution in [0.2, 0.25) is 0 Å². The van der Waals surface area contributed by atoms with Crippen molar-refractivity contribution in [3.8, 4) is 23.0 Å². The molecule has 2 aromatic carbocycles. The van der Waals surface area contributed by atoms with Gasteiger partial charge in [-0.15, -0.1) is 23.5 Å². The number of rotatable bonds is 7. The van der Waals surface area contributed by atoms with E-state index in [2.05, 4.69) is 6.07 Å². The molecule has 0 unspecified atom stereocenters. The number of thioether (sulfide) groups is 2. The highest BCUT2D eigenvalue weighted by Crippen LogP contribution is 2.47. The Morgan fingerprint density at radius 2 is 1.58 bits per heavy atom. The van der Waals surface area contributed by atoms with Gasteiger partial charge in [0.2, 0.25) is 0 Å². The lowest BCUT2D eigenvalue weighted by Crippen LogP contribution is -2.38. The van der Waals surface area contributed by atoms with Gasteiger partial charge in [0.15, 0.2) is 29.6 Å². The van der Waals surface area contributed by atoms with Crippen LogP contribution in [-0.2, 0) is 17.8 Å². The average molecular weight is 462 g/mol. The zero-order chi connectivity index (χ0) is 21.8. The highest BCUT2D eigenvalue weighted by Gasteiger charge is 2.24. The number of ether oxygens (including phenoxy) is 4. The van der Waals surface area contributed by atoms with Gasteiger partial charge in [0, 0.05) is 24.6 Å². The van der Waals surface area contributed by atoms with Gasteiger partial charge in [-0.05, 0) is 47.4 Å². The molecule has 166 valence electrons. The quantitative estimate of drug-likeness (QED) is 0.614. The number of methoxy groups -OCH3 is 3. The first-order valence-corrected chi connectivity index (χ1v) is 12.3. The first-order valence-electron chi connectivity index (χ1n) is 10.2. The van der Waals surface area contributed by atoms with Crippen LogP contribution in [-0.4, -0.2) is 56.8 Å². The van der Waals surface area contributed by atoms with Crippen LogP contribution < -0.4 is 18.9 Å². The number of carbonyl (C=O) groups is 1. The number of amides is 1. The normalized spacial score (nSPS) is 16.0. The Balaban J connectivity index is 1.40. The second-order valence-electron chi connectivity index (χ2n) is 7.31. The number of nitrogens with zero attached hydrogens (tertiary/aromatic N) is 1. The predicted octanol–water partition coefficient (Wildman–Crippen LogP) is 4.15. The Hall–Kier alpha value is -2.19. The van der Waals surface area contributed by atoms with E-state index in [0.29, 0.717) is 40.7 Å². The van der Waals surface area contributed by atoms with Crippen molar-refractivity contribution in [2.45, 2.75) is 17.5 Å². The Kier molecular flexibility index (Phi) is 7.07. The zero-order valence-electron chi connectivity index (χ0n) is 18.0. The fraction of sp³-hybridized carbons (Fsp3) is 0.435. The van der Waals surface area contributed by atoms with Gasteiger partial charge in [-0.1, -0.05) is 6.07 Å². The van der Waals surface area contributed by atoms with Crippen LogP contribution in [0.15, 0.2) is 30.3 Å². The second-order valence-corrected chi connectivity index (χ2v) is 10.0. The lowest BCUT2D eigenvalue weighted by atomic mass is 9.99. The van der Waals surface area contributed by atoms with Crippen LogP contribution in [0.25, 0.3) is 0 Å². The van der Waals surface area contributed by atoms with Crippen LogP contribution >= 0.6 is 23.5 Å². The summed E-state index contributed by atoms with van der Waals surface area (Å²) in [7, 11) is 4.88. The number of hydrogen-bond donors (Lipinski definition) is 0. The van der Waals surface area contributed by atoms with Crippen molar-refractivity contribution < 1.29 is 23.7 Å². The van der Waals surface area contributed by atoms with E-state index in [4.69, 9.17) is 18.9 Å². The molecule has 2 aliphatic heterocycles. The van der Waals surface area contributed by atoms with E-state index < -0.39 is 0 Å². The molecule has 0 radical (unpaired) electrons. The van der Waals surface area contributed by atoms with Crippen molar-refractivity contribution in [1.82, 2.24) is 4.90 Å². The van der Waals surface area contributed by atoms with Gasteiger partial charge in [-0.2, -0.15) is 0 Å². The highest BCUT2D eigenvalue weighted by atomic mass is 32.2. The summed E-state index contributed by atoms with van der Waals surface area (Å²) in [6.07, 6.45) is 0.774. The molecule has 2 aliphatic rings. The van der Waals surface area contributed by atoms with E-state index in [9.17, 15) is 4.79 Å². The fourth-order valence-electron chi connectivity index (χ4n) is 3.83. The maximum absolute atomic E-state index is 12.8. The smallest absolute Gasteiger partial charge is 0.260 e. The third-order valence-electron chi connectivity index (χ3n) is 5.50. The number of carbonyl (C=O) groups excluding carboxylic acids is 1. The standard InChI is InChI=1S/C23H27NO5S2/c1-26-19-11-16(23-30-8-9-31-23)4-5-18(19)29-14-22(25)24-7-6-15-10-20(27-2)21(28-3)12-17(15)13-24/h4-5,10-12,23H,6-9,13-14H2,1-3H3. The topological polar surface area (TPSA) is 57.2 Å². The second kappa shape index (κ2) is 9.96. The summed E-state index contributed by atoms with van der Waals surface area (Å²) in [5.41, 5.74) is 3.48. The molecular weight excluding hydrogens is 434 g/mol. The van der Waals surface area contributed by atoms with E-state index in [0.717, 1.165) is 12.0 Å². The van der Waals surface area contributed by atoms with Crippen molar-refractivity contribution in [3.05, 3.63) is 47.0 Å². The summed E-state index contributed by atoms with van der Waals surface area (Å²) in [5.74, 6) is 4.94. The van der Waals surface area contributed by atoms with Gasteiger partial charge in [0.1, 0.15) is 0 Å². The summed E-state index contributed by atoms with van der Waals surface area (Å²) in [5, 5.41) is 0. The van der Waals surface area contributed by atoms with Crippen LogP contribution in [0, 0.1) is 0 Å². The van der Waals surface area contributed by atoms with E-state index in [-0.39, 0.29) is 12.5 Å². The van der Waals surface area contributed by atoms with Gasteiger partial charge in [0.05, 0.1) is 25.9 Å². The molecule has 0 N–H and O–H groups in total. The lowest BCUT2D eigenvalue weighted by molar-refractivity contribution is -0.134. The monoisotopic (exact) mass is 461 g/mol. The van der Waals surface area contributed by atoms with E-state index in [1.165, 1.54) is 22.6 Å². The van der Waals surface area contributed by atoms with E-state index in [1.54, 1.807) is 21.3 Å². The summed E-state index contributed by atoms with van der Waals surface area (Å²) in [4.78, 5) is 14.7. The molecule has 0 bridgehead atoms. The zero-order valence-corrected chi connectivity index (χ0v) is 19.6. The Labute approximate surface area is 191 Å². The Morgan fingerprint density at radius 3 is 2.26 bits per heavy atom. The van der Waals surface area contributed by atoms with Gasteiger partial charge >= 0.3 is 0 Å². The Bertz CT molecular complexity index is 946. The maximum atomic E-state index is 12.8. The van der Waals surface area contributed by atoms with E-state index in [1.807, 2.05) is 52.7 Å². The van der Waals surface area contributed by atoms with Crippen molar-refractivity contribution in [1.29, 1.82) is 0 Å². The van der Waals surface area contributed by atoms with E-state index >= 15 is 0 Å². The number of fused-ring (bicyclic) bond motifs is 1. The van der Waals surface area contributed by atoms with Gasteiger partial charge < -0.3 is 23.8 Å². The SMILES string of the molecule is COc1cc2c(cc1OC)CN(C(=O)COc1ccc(C3SCCS3)cc1OC)CC2. The highest BCUT2D eigenvalue weighted by molar-refractivity contribution is 8.19. The minimum Gasteiger partial charge on any atom is -0.493 e. The van der Waals surface area contributed by atoms with Crippen LogP contribution in [0.5, 0.6) is 23.0 Å². The minimum atomic E-state index is -0.0477. The third kappa shape index (κ3) is 4.85. The minimum absolute atomic E-state index is 0.0226. The van der Waals surface area contributed by atoms with Crippen LogP contribution in [0.1, 0.15) is 21.3 Å². The molecule has 1 fully saturated rings. The molecule has 0 aliphatic carbocycles. The molecule has 0 atom stereocenters. The summed E-state index contributed by atoms with van der Waals surface area (Å²) in [6.45, 7) is 1.16. The van der Waals surface area contributed by atoms with Gasteiger partial charge in [-0.25, -0.2) is 0 Å². The third-order valence-corrected chi connectivity index (χ3v) is 8.61. The van der Waals surface area contributed by atoms with Crippen molar-refractivity contribution in [2.75, 3.05) is 46.0 Å². The summed E-state index contributed by atoms with van der Waals surface area (Å²) < 4.78 is 22.6. The van der Waals surface area contributed by atoms with Crippen molar-refractivity contribution >= 4 is 29.4 Å². The molecule has 4 rings (SSSR count). The van der Waals surface area contributed by atoms with Gasteiger partial charge in [0.25, 0.3) is 5.91 Å². The molecular formula is C23H27NO5S2. The molecule has 31 heavy (non-hydrogen) atoms. The molecule has 2 aromatic rings. The van der Waals surface area contributed by atoms with Crippen molar-refractivity contribution in [2.24, 2.45) is 0 Å². The van der Waals surface area contributed by atoms with Crippen molar-refractivity contribution in [3.63, 3.8) is 0 Å². The Morgan fingerprint density at radius 1 is 0.935 bits per heavy atom. The maximum Gasteiger partial charge on any atom is 0.260 e. The largest absolute Gasteiger partial charge is 0.493 e. The molecule has 2 heterocycles.